The summed E-state index contributed by atoms with van der Waals surface area (Å²) < 4.78 is 12.4. The van der Waals surface area contributed by atoms with Crippen LogP contribution in [-0.2, 0) is 4.74 Å². The molecule has 6 heteroatoms. The molecule has 0 saturated carbocycles. The van der Waals surface area contributed by atoms with Gasteiger partial charge in [-0.15, -0.1) is 11.3 Å². The Labute approximate surface area is 168 Å². The minimum absolute atomic E-state index is 0.0815. The van der Waals surface area contributed by atoms with Crippen molar-refractivity contribution in [2.24, 2.45) is 5.73 Å². The van der Waals surface area contributed by atoms with Crippen molar-refractivity contribution >= 4 is 27.5 Å². The molecule has 2 aromatic carbocycles. The number of nitrogens with two attached hydrogens (primary N) is 1. The van der Waals surface area contributed by atoms with Crippen molar-refractivity contribution in [1.82, 2.24) is 4.90 Å². The van der Waals surface area contributed by atoms with Gasteiger partial charge >= 0.3 is 6.03 Å². The minimum atomic E-state index is -0.382. The number of hydrogen-bond donors (Lipinski definition) is 1. The van der Waals surface area contributed by atoms with Crippen molar-refractivity contribution in [3.05, 3.63) is 53.4 Å². The Kier molecular flexibility index (Phi) is 5.24. The number of likely N-dealkylation sites (tertiary alicyclic amines) is 1. The molecule has 1 aliphatic rings. The van der Waals surface area contributed by atoms with E-state index in [4.69, 9.17) is 15.2 Å². The topological polar surface area (TPSA) is 64.8 Å². The summed E-state index contributed by atoms with van der Waals surface area (Å²) in [6.07, 6.45) is 1.68. The molecule has 0 bridgehead atoms. The molecule has 3 aromatic rings. The van der Waals surface area contributed by atoms with E-state index in [9.17, 15) is 4.79 Å². The normalized spacial score (nSPS) is 19.7. The summed E-state index contributed by atoms with van der Waals surface area (Å²) in [6.45, 7) is 0.607. The Morgan fingerprint density at radius 3 is 2.64 bits per heavy atom. The average molecular weight is 397 g/mol. The second-order valence-electron chi connectivity index (χ2n) is 7.00. The highest BCUT2D eigenvalue weighted by Gasteiger charge is 2.33. The van der Waals surface area contributed by atoms with Crippen LogP contribution in [0, 0.1) is 0 Å². The Balaban J connectivity index is 1.84. The molecule has 1 saturated heterocycles. The van der Waals surface area contributed by atoms with Gasteiger partial charge in [-0.25, -0.2) is 4.79 Å². The van der Waals surface area contributed by atoms with E-state index in [-0.39, 0.29) is 18.2 Å². The highest BCUT2D eigenvalue weighted by molar-refractivity contribution is 7.19. The van der Waals surface area contributed by atoms with Crippen LogP contribution in [0.1, 0.15) is 23.8 Å². The van der Waals surface area contributed by atoms with Gasteiger partial charge in [-0.1, -0.05) is 30.3 Å². The van der Waals surface area contributed by atoms with Crippen LogP contribution in [0.5, 0.6) is 5.75 Å². The first kappa shape index (κ1) is 18.8. The monoisotopic (exact) mass is 396 g/mol. The van der Waals surface area contributed by atoms with Gasteiger partial charge in [0.1, 0.15) is 5.75 Å². The average Bonchev–Trinajstić information content (AvgIpc) is 3.18. The number of carbonyl (C=O) groups is 1. The van der Waals surface area contributed by atoms with Crippen molar-refractivity contribution in [2.75, 3.05) is 20.8 Å². The highest BCUT2D eigenvalue weighted by atomic mass is 32.1. The van der Waals surface area contributed by atoms with Gasteiger partial charge in [0.05, 0.1) is 19.3 Å². The molecule has 0 aliphatic carbocycles. The molecule has 2 N–H and O–H groups in total. The van der Waals surface area contributed by atoms with Crippen LogP contribution in [0.2, 0.25) is 0 Å². The molecule has 1 aromatic heterocycles. The molecule has 2 amide bonds. The van der Waals surface area contributed by atoms with Crippen LogP contribution >= 0.6 is 11.3 Å². The number of thiophene rings is 1. The summed E-state index contributed by atoms with van der Waals surface area (Å²) in [6, 6.07) is 16.1. The first-order valence-corrected chi connectivity index (χ1v) is 10.2. The Bertz CT molecular complexity index is 986. The maximum absolute atomic E-state index is 12.0. The van der Waals surface area contributed by atoms with E-state index < -0.39 is 0 Å². The van der Waals surface area contributed by atoms with Gasteiger partial charge in [0, 0.05) is 28.6 Å². The molecule has 0 radical (unpaired) electrons. The fraction of sp³-hybridized carbons (Fsp3) is 0.318. The van der Waals surface area contributed by atoms with E-state index >= 15 is 0 Å². The molecule has 5 nitrogen and oxygen atoms in total. The third kappa shape index (κ3) is 3.34. The number of primary amides is 1. The van der Waals surface area contributed by atoms with Gasteiger partial charge < -0.3 is 20.1 Å². The van der Waals surface area contributed by atoms with Crippen LogP contribution in [0.4, 0.5) is 4.79 Å². The van der Waals surface area contributed by atoms with Gasteiger partial charge in [-0.05, 0) is 42.2 Å². The Morgan fingerprint density at radius 1 is 1.18 bits per heavy atom. The van der Waals surface area contributed by atoms with E-state index in [1.807, 2.05) is 24.3 Å². The summed E-state index contributed by atoms with van der Waals surface area (Å²) >= 11 is 1.70. The number of piperidine rings is 1. The molecule has 4 rings (SSSR count). The fourth-order valence-corrected chi connectivity index (χ4v) is 5.32. The fourth-order valence-electron chi connectivity index (χ4n) is 3.99. The van der Waals surface area contributed by atoms with Crippen molar-refractivity contribution < 1.29 is 14.3 Å². The minimum Gasteiger partial charge on any atom is -0.496 e. The molecule has 2 unspecified atom stereocenters. The predicted molar refractivity (Wildman–Crippen MR) is 113 cm³/mol. The SMILES string of the molecule is COc1ccc(-c2ccccc2)c2sc(C3CC(OC)CCN3C(N)=O)cc12. The van der Waals surface area contributed by atoms with Gasteiger partial charge in [0.25, 0.3) is 0 Å². The van der Waals surface area contributed by atoms with Crippen molar-refractivity contribution in [2.45, 2.75) is 25.0 Å². The molecule has 2 heterocycles. The molecular formula is C22H24N2O3S. The number of amides is 2. The number of methoxy groups -OCH3 is 2. The smallest absolute Gasteiger partial charge is 0.315 e. The number of carbonyl (C=O) groups excluding carboxylic acids is 1. The van der Waals surface area contributed by atoms with E-state index in [0.29, 0.717) is 6.54 Å². The summed E-state index contributed by atoms with van der Waals surface area (Å²) in [5.74, 6) is 0.835. The van der Waals surface area contributed by atoms with E-state index in [0.717, 1.165) is 44.7 Å². The summed E-state index contributed by atoms with van der Waals surface area (Å²) in [5.41, 5.74) is 8.00. The quantitative estimate of drug-likeness (QED) is 0.688. The predicted octanol–water partition coefficient (Wildman–Crippen LogP) is 4.81. The maximum Gasteiger partial charge on any atom is 0.315 e. The number of urea groups is 1. The third-order valence-electron chi connectivity index (χ3n) is 5.47. The molecule has 1 aliphatic heterocycles. The van der Waals surface area contributed by atoms with Crippen molar-refractivity contribution in [3.8, 4) is 16.9 Å². The van der Waals surface area contributed by atoms with E-state index in [1.165, 1.54) is 0 Å². The second kappa shape index (κ2) is 7.81. The summed E-state index contributed by atoms with van der Waals surface area (Å²) in [7, 11) is 3.41. The van der Waals surface area contributed by atoms with E-state index in [2.05, 4.69) is 24.3 Å². The number of fused-ring (bicyclic) bond motifs is 1. The lowest BCUT2D eigenvalue weighted by molar-refractivity contribution is 0.0267. The largest absolute Gasteiger partial charge is 0.496 e. The zero-order valence-electron chi connectivity index (χ0n) is 16.1. The van der Waals surface area contributed by atoms with Crippen LogP contribution in [0.3, 0.4) is 0 Å². The van der Waals surface area contributed by atoms with Crippen molar-refractivity contribution in [1.29, 1.82) is 0 Å². The molecule has 28 heavy (non-hydrogen) atoms. The first-order valence-electron chi connectivity index (χ1n) is 9.37. The summed E-state index contributed by atoms with van der Waals surface area (Å²) in [4.78, 5) is 14.9. The molecule has 2 atom stereocenters. The van der Waals surface area contributed by atoms with Crippen LogP contribution in [-0.4, -0.2) is 37.8 Å². The van der Waals surface area contributed by atoms with Gasteiger partial charge in [0.15, 0.2) is 0 Å². The number of ether oxygens (including phenoxy) is 2. The van der Waals surface area contributed by atoms with Crippen LogP contribution < -0.4 is 10.5 Å². The third-order valence-corrected chi connectivity index (χ3v) is 6.74. The number of rotatable bonds is 4. The maximum atomic E-state index is 12.0. The standard InChI is InChI=1S/C22H24N2O3S/c1-26-15-10-11-24(22(23)25)18(12-15)20-13-17-19(27-2)9-8-16(21(17)28-20)14-6-4-3-5-7-14/h3-9,13,15,18H,10-12H2,1-2H3,(H2,23,25). The lowest BCUT2D eigenvalue weighted by Crippen LogP contribution is -2.45. The van der Waals surface area contributed by atoms with E-state index in [1.54, 1.807) is 30.5 Å². The summed E-state index contributed by atoms with van der Waals surface area (Å²) in [5, 5.41) is 1.06. The van der Waals surface area contributed by atoms with Crippen LogP contribution in [0.25, 0.3) is 21.2 Å². The van der Waals surface area contributed by atoms with Gasteiger partial charge in [-0.2, -0.15) is 0 Å². The van der Waals surface area contributed by atoms with Crippen molar-refractivity contribution in [3.63, 3.8) is 0 Å². The second-order valence-corrected chi connectivity index (χ2v) is 8.09. The van der Waals surface area contributed by atoms with Gasteiger partial charge in [-0.3, -0.25) is 0 Å². The number of benzene rings is 2. The molecule has 0 spiro atoms. The number of hydrogen-bond acceptors (Lipinski definition) is 4. The molecular weight excluding hydrogens is 372 g/mol. The lowest BCUT2D eigenvalue weighted by atomic mass is 9.97. The zero-order valence-corrected chi connectivity index (χ0v) is 16.9. The zero-order chi connectivity index (χ0) is 19.7. The lowest BCUT2D eigenvalue weighted by Gasteiger charge is -2.37. The first-order chi connectivity index (χ1) is 13.6. The number of nitrogens with zero attached hydrogens (tertiary/aromatic N) is 1. The Hall–Kier alpha value is -2.57. The highest BCUT2D eigenvalue weighted by Crippen LogP contribution is 2.44. The molecule has 1 fully saturated rings. The van der Waals surface area contributed by atoms with Crippen LogP contribution in [0.15, 0.2) is 48.5 Å². The van der Waals surface area contributed by atoms with Gasteiger partial charge in [0.2, 0.25) is 0 Å². The molecule has 146 valence electrons. The Morgan fingerprint density at radius 2 is 1.96 bits per heavy atom.